The Morgan fingerprint density at radius 3 is 2.17 bits per heavy atom. The van der Waals surface area contributed by atoms with Crippen LogP contribution in [0.3, 0.4) is 0 Å². The minimum atomic E-state index is -4.12. The van der Waals surface area contributed by atoms with Crippen molar-refractivity contribution in [1.29, 1.82) is 0 Å². The van der Waals surface area contributed by atoms with E-state index in [9.17, 15) is 13.2 Å². The molecule has 5 heteroatoms. The molecule has 0 fully saturated rings. The molecule has 74 valence electrons. The molecule has 2 N–H and O–H groups in total. The second-order valence-corrected chi connectivity index (χ2v) is 2.92. The van der Waals surface area contributed by atoms with Gasteiger partial charge in [0.25, 0.3) is 0 Å². The monoisotopic (exact) mass is 184 g/mol. The van der Waals surface area contributed by atoms with Gasteiger partial charge in [0.1, 0.15) is 0 Å². The van der Waals surface area contributed by atoms with Crippen molar-refractivity contribution in [3.8, 4) is 0 Å². The summed E-state index contributed by atoms with van der Waals surface area (Å²) in [6.45, 7) is 3.18. The van der Waals surface area contributed by atoms with Crippen LogP contribution in [0.2, 0.25) is 0 Å². The molecule has 1 atom stereocenters. The molecule has 12 heavy (non-hydrogen) atoms. The van der Waals surface area contributed by atoms with Crippen molar-refractivity contribution in [2.45, 2.75) is 26.1 Å². The van der Waals surface area contributed by atoms with Gasteiger partial charge in [0.15, 0.2) is 0 Å². The molecule has 0 bridgehead atoms. The van der Waals surface area contributed by atoms with Crippen LogP contribution in [0, 0.1) is 0 Å². The van der Waals surface area contributed by atoms with Crippen LogP contribution in [0.15, 0.2) is 0 Å². The fourth-order valence-electron chi connectivity index (χ4n) is 0.966. The average Bonchev–Trinajstić information content (AvgIpc) is 1.82. The van der Waals surface area contributed by atoms with Crippen LogP contribution in [0.4, 0.5) is 13.2 Å². The lowest BCUT2D eigenvalue weighted by Crippen LogP contribution is -2.40. The van der Waals surface area contributed by atoms with Crippen LogP contribution in [-0.4, -0.2) is 36.8 Å². The zero-order valence-corrected chi connectivity index (χ0v) is 7.36. The minimum Gasteiger partial charge on any atom is -0.327 e. The van der Waals surface area contributed by atoms with Crippen LogP contribution in [0.5, 0.6) is 0 Å². The summed E-state index contributed by atoms with van der Waals surface area (Å²) in [7, 11) is 0. The molecule has 0 spiro atoms. The van der Waals surface area contributed by atoms with Gasteiger partial charge in [0, 0.05) is 12.6 Å². The third-order valence-electron chi connectivity index (χ3n) is 1.40. The molecule has 0 aromatic heterocycles. The Morgan fingerprint density at radius 2 is 1.92 bits per heavy atom. The summed E-state index contributed by atoms with van der Waals surface area (Å²) in [5.74, 6) is 0. The Balaban J connectivity index is 3.83. The lowest BCUT2D eigenvalue weighted by Gasteiger charge is -2.23. The fraction of sp³-hybridized carbons (Fsp3) is 1.00. The SMILES string of the molecule is CCN(CC(C)N)CC(F)(F)F. The Labute approximate surface area is 70.5 Å². The van der Waals surface area contributed by atoms with Crippen LogP contribution in [0.25, 0.3) is 0 Å². The third-order valence-corrected chi connectivity index (χ3v) is 1.40. The van der Waals surface area contributed by atoms with Gasteiger partial charge in [-0.2, -0.15) is 13.2 Å². The summed E-state index contributed by atoms with van der Waals surface area (Å²) >= 11 is 0. The third kappa shape index (κ3) is 6.42. The molecule has 0 aliphatic carbocycles. The van der Waals surface area contributed by atoms with E-state index in [0.29, 0.717) is 6.54 Å². The zero-order chi connectivity index (χ0) is 9.78. The first kappa shape index (κ1) is 11.7. The molecule has 0 aromatic carbocycles. The van der Waals surface area contributed by atoms with Gasteiger partial charge in [-0.15, -0.1) is 0 Å². The van der Waals surface area contributed by atoms with E-state index in [-0.39, 0.29) is 12.6 Å². The molecule has 0 amide bonds. The summed E-state index contributed by atoms with van der Waals surface area (Å²) < 4.78 is 35.6. The minimum absolute atomic E-state index is 0.215. The first-order valence-electron chi connectivity index (χ1n) is 3.90. The molecule has 2 nitrogen and oxygen atoms in total. The topological polar surface area (TPSA) is 29.3 Å². The standard InChI is InChI=1S/C7H15F3N2/c1-3-12(4-6(2)11)5-7(8,9)10/h6H,3-5,11H2,1-2H3. The van der Waals surface area contributed by atoms with Crippen LogP contribution in [0.1, 0.15) is 13.8 Å². The highest BCUT2D eigenvalue weighted by Crippen LogP contribution is 2.16. The summed E-state index contributed by atoms with van der Waals surface area (Å²) in [5.41, 5.74) is 5.38. The quantitative estimate of drug-likeness (QED) is 0.711. The zero-order valence-electron chi connectivity index (χ0n) is 7.36. The molecule has 0 heterocycles. The van der Waals surface area contributed by atoms with Crippen molar-refractivity contribution in [1.82, 2.24) is 4.90 Å². The first-order chi connectivity index (χ1) is 5.35. The van der Waals surface area contributed by atoms with E-state index in [4.69, 9.17) is 5.73 Å². The molecule has 1 unspecified atom stereocenters. The second kappa shape index (κ2) is 4.67. The van der Waals surface area contributed by atoms with E-state index >= 15 is 0 Å². The number of hydrogen-bond donors (Lipinski definition) is 1. The molecule has 0 saturated heterocycles. The summed E-state index contributed by atoms with van der Waals surface area (Å²) in [6.07, 6.45) is -4.12. The molecular formula is C7H15F3N2. The Morgan fingerprint density at radius 1 is 1.42 bits per heavy atom. The predicted molar refractivity (Wildman–Crippen MR) is 41.8 cm³/mol. The van der Waals surface area contributed by atoms with Gasteiger partial charge in [-0.25, -0.2) is 0 Å². The van der Waals surface area contributed by atoms with Crippen LogP contribution in [-0.2, 0) is 0 Å². The van der Waals surface area contributed by atoms with Gasteiger partial charge in [-0.3, -0.25) is 4.90 Å². The second-order valence-electron chi connectivity index (χ2n) is 2.92. The van der Waals surface area contributed by atoms with E-state index in [1.54, 1.807) is 13.8 Å². The van der Waals surface area contributed by atoms with Crippen molar-refractivity contribution < 1.29 is 13.2 Å². The number of hydrogen-bond acceptors (Lipinski definition) is 2. The highest BCUT2D eigenvalue weighted by Gasteiger charge is 2.30. The maximum atomic E-state index is 11.9. The molecule has 0 aliphatic rings. The maximum Gasteiger partial charge on any atom is 0.401 e. The molecular weight excluding hydrogens is 169 g/mol. The van der Waals surface area contributed by atoms with Crippen molar-refractivity contribution in [3.05, 3.63) is 0 Å². The van der Waals surface area contributed by atoms with Crippen molar-refractivity contribution in [3.63, 3.8) is 0 Å². The molecule has 0 radical (unpaired) electrons. The van der Waals surface area contributed by atoms with Gasteiger partial charge >= 0.3 is 6.18 Å². The normalized spacial score (nSPS) is 15.2. The molecule has 0 aliphatic heterocycles. The van der Waals surface area contributed by atoms with Gasteiger partial charge in [-0.05, 0) is 13.5 Å². The van der Waals surface area contributed by atoms with Gasteiger partial charge in [-0.1, -0.05) is 6.92 Å². The smallest absolute Gasteiger partial charge is 0.327 e. The van der Waals surface area contributed by atoms with E-state index in [1.807, 2.05) is 0 Å². The molecule has 0 rings (SSSR count). The largest absolute Gasteiger partial charge is 0.401 e. The van der Waals surface area contributed by atoms with Gasteiger partial charge in [0.2, 0.25) is 0 Å². The Bertz CT molecular complexity index is 122. The number of rotatable bonds is 4. The van der Waals surface area contributed by atoms with Crippen molar-refractivity contribution in [2.75, 3.05) is 19.6 Å². The number of nitrogens with two attached hydrogens (primary N) is 1. The highest BCUT2D eigenvalue weighted by atomic mass is 19.4. The number of alkyl halides is 3. The van der Waals surface area contributed by atoms with Crippen molar-refractivity contribution in [2.24, 2.45) is 5.73 Å². The summed E-state index contributed by atoms with van der Waals surface area (Å²) in [4.78, 5) is 1.28. The number of likely N-dealkylation sites (N-methyl/N-ethyl adjacent to an activating group) is 1. The van der Waals surface area contributed by atoms with E-state index < -0.39 is 12.7 Å². The summed E-state index contributed by atoms with van der Waals surface area (Å²) in [6, 6.07) is -0.215. The lowest BCUT2D eigenvalue weighted by molar-refractivity contribution is -0.145. The average molecular weight is 184 g/mol. The van der Waals surface area contributed by atoms with Gasteiger partial charge in [0.05, 0.1) is 6.54 Å². The van der Waals surface area contributed by atoms with E-state index in [0.717, 1.165) is 0 Å². The van der Waals surface area contributed by atoms with Crippen molar-refractivity contribution >= 4 is 0 Å². The van der Waals surface area contributed by atoms with Gasteiger partial charge < -0.3 is 5.73 Å². The van der Waals surface area contributed by atoms with E-state index in [1.165, 1.54) is 4.90 Å². The lowest BCUT2D eigenvalue weighted by atomic mass is 10.3. The molecule has 0 aromatic rings. The van der Waals surface area contributed by atoms with E-state index in [2.05, 4.69) is 0 Å². The van der Waals surface area contributed by atoms with Crippen LogP contribution < -0.4 is 5.73 Å². The Kier molecular flexibility index (Phi) is 4.55. The molecule has 0 saturated carbocycles. The fourth-order valence-corrected chi connectivity index (χ4v) is 0.966. The first-order valence-corrected chi connectivity index (χ1v) is 3.90. The number of halogens is 3. The number of nitrogens with zero attached hydrogens (tertiary/aromatic N) is 1. The predicted octanol–water partition coefficient (Wildman–Crippen LogP) is 1.22. The highest BCUT2D eigenvalue weighted by molar-refractivity contribution is 4.66. The van der Waals surface area contributed by atoms with Crippen LogP contribution >= 0.6 is 0 Å². The summed E-state index contributed by atoms with van der Waals surface area (Å²) in [5, 5.41) is 0. The Hall–Kier alpha value is -0.290. The maximum absolute atomic E-state index is 11.9.